The number of sulfonamides is 1. The van der Waals surface area contributed by atoms with Crippen molar-refractivity contribution in [3.05, 3.63) is 36.3 Å². The van der Waals surface area contributed by atoms with Crippen LogP contribution < -0.4 is 0 Å². The van der Waals surface area contributed by atoms with Crippen LogP contribution >= 0.6 is 0 Å². The summed E-state index contributed by atoms with van der Waals surface area (Å²) < 4.78 is 27.4. The van der Waals surface area contributed by atoms with Gasteiger partial charge in [-0.1, -0.05) is 6.42 Å². The third-order valence-electron chi connectivity index (χ3n) is 3.80. The normalized spacial score (nSPS) is 20.2. The molecule has 0 N–H and O–H groups in total. The van der Waals surface area contributed by atoms with Crippen molar-refractivity contribution in [2.75, 3.05) is 12.8 Å². The second-order valence-corrected chi connectivity index (χ2v) is 7.52. The number of nitrogens with zero attached hydrogens (tertiary/aromatic N) is 5. The van der Waals surface area contributed by atoms with Crippen LogP contribution in [-0.2, 0) is 10.0 Å². The van der Waals surface area contributed by atoms with Crippen LogP contribution in [0.15, 0.2) is 24.8 Å². The SMILES string of the molecule is Cc1cc(-n2ccnc2)nc([C@H]2CCCCN2S(C)(=O)=O)n1. The Morgan fingerprint density at radius 3 is 2.77 bits per heavy atom. The Morgan fingerprint density at radius 1 is 1.27 bits per heavy atom. The van der Waals surface area contributed by atoms with Gasteiger partial charge in [0.25, 0.3) is 0 Å². The molecule has 118 valence electrons. The highest BCUT2D eigenvalue weighted by atomic mass is 32.2. The van der Waals surface area contributed by atoms with Gasteiger partial charge in [-0.25, -0.2) is 23.4 Å². The Morgan fingerprint density at radius 2 is 2.09 bits per heavy atom. The van der Waals surface area contributed by atoms with Crippen molar-refractivity contribution >= 4 is 10.0 Å². The van der Waals surface area contributed by atoms with Gasteiger partial charge < -0.3 is 0 Å². The number of hydrogen-bond acceptors (Lipinski definition) is 5. The van der Waals surface area contributed by atoms with Gasteiger partial charge in [0.1, 0.15) is 18.0 Å². The van der Waals surface area contributed by atoms with Crippen LogP contribution in [0.25, 0.3) is 5.82 Å². The maximum absolute atomic E-state index is 12.0. The fourth-order valence-electron chi connectivity index (χ4n) is 2.81. The van der Waals surface area contributed by atoms with Gasteiger partial charge in [-0.15, -0.1) is 0 Å². The summed E-state index contributed by atoms with van der Waals surface area (Å²) in [6.07, 6.45) is 9.01. The fourth-order valence-corrected chi connectivity index (χ4v) is 3.93. The van der Waals surface area contributed by atoms with E-state index in [4.69, 9.17) is 0 Å². The molecule has 0 saturated carbocycles. The number of piperidine rings is 1. The number of imidazole rings is 1. The molecule has 8 heteroatoms. The van der Waals surface area contributed by atoms with E-state index in [1.165, 1.54) is 10.6 Å². The summed E-state index contributed by atoms with van der Waals surface area (Å²) in [5.41, 5.74) is 0.813. The van der Waals surface area contributed by atoms with Crippen molar-refractivity contribution in [3.63, 3.8) is 0 Å². The third-order valence-corrected chi connectivity index (χ3v) is 5.09. The molecule has 2 aromatic heterocycles. The molecule has 1 aliphatic heterocycles. The molecule has 0 amide bonds. The van der Waals surface area contributed by atoms with Gasteiger partial charge in [-0.2, -0.15) is 4.31 Å². The minimum Gasteiger partial charge on any atom is -0.290 e. The second-order valence-electron chi connectivity index (χ2n) is 5.58. The quantitative estimate of drug-likeness (QED) is 0.855. The van der Waals surface area contributed by atoms with Crippen LogP contribution in [0.2, 0.25) is 0 Å². The molecule has 0 unspecified atom stereocenters. The molecule has 3 heterocycles. The van der Waals surface area contributed by atoms with E-state index in [-0.39, 0.29) is 6.04 Å². The molecule has 22 heavy (non-hydrogen) atoms. The first-order chi connectivity index (χ1) is 10.4. The number of rotatable bonds is 3. The molecule has 0 aliphatic carbocycles. The van der Waals surface area contributed by atoms with Crippen molar-refractivity contribution in [2.24, 2.45) is 0 Å². The van der Waals surface area contributed by atoms with Crippen molar-refractivity contribution in [1.29, 1.82) is 0 Å². The monoisotopic (exact) mass is 321 g/mol. The van der Waals surface area contributed by atoms with E-state index in [2.05, 4.69) is 15.0 Å². The summed E-state index contributed by atoms with van der Waals surface area (Å²) in [7, 11) is -3.27. The lowest BCUT2D eigenvalue weighted by atomic mass is 10.0. The summed E-state index contributed by atoms with van der Waals surface area (Å²) in [5, 5.41) is 0. The zero-order chi connectivity index (χ0) is 15.7. The highest BCUT2D eigenvalue weighted by Crippen LogP contribution is 2.31. The van der Waals surface area contributed by atoms with E-state index < -0.39 is 10.0 Å². The Bertz CT molecular complexity index is 758. The zero-order valence-electron chi connectivity index (χ0n) is 12.7. The molecule has 1 fully saturated rings. The Hall–Kier alpha value is -1.80. The first-order valence-electron chi connectivity index (χ1n) is 7.26. The lowest BCUT2D eigenvalue weighted by Gasteiger charge is -2.32. The molecule has 1 aliphatic rings. The molecular formula is C14H19N5O2S. The van der Waals surface area contributed by atoms with Gasteiger partial charge in [0.05, 0.1) is 12.3 Å². The van der Waals surface area contributed by atoms with Crippen LogP contribution in [0.4, 0.5) is 0 Å². The summed E-state index contributed by atoms with van der Waals surface area (Å²) in [6.45, 7) is 2.42. The zero-order valence-corrected chi connectivity index (χ0v) is 13.5. The van der Waals surface area contributed by atoms with Gasteiger partial charge >= 0.3 is 0 Å². The summed E-state index contributed by atoms with van der Waals surface area (Å²) in [5.74, 6) is 1.27. The van der Waals surface area contributed by atoms with Gasteiger partial charge in [0.2, 0.25) is 10.0 Å². The number of hydrogen-bond donors (Lipinski definition) is 0. The van der Waals surface area contributed by atoms with Crippen LogP contribution in [0, 0.1) is 6.92 Å². The predicted molar refractivity (Wildman–Crippen MR) is 82.0 cm³/mol. The average molecular weight is 321 g/mol. The van der Waals surface area contributed by atoms with Crippen LogP contribution in [0.3, 0.4) is 0 Å². The molecule has 2 aromatic rings. The summed E-state index contributed by atoms with van der Waals surface area (Å²) in [6, 6.07) is 1.57. The molecule has 0 spiro atoms. The minimum atomic E-state index is -3.27. The molecule has 3 rings (SSSR count). The number of aromatic nitrogens is 4. The summed E-state index contributed by atoms with van der Waals surface area (Å²) in [4.78, 5) is 13.1. The molecule has 0 aromatic carbocycles. The minimum absolute atomic E-state index is 0.286. The molecule has 1 atom stereocenters. The molecular weight excluding hydrogens is 302 g/mol. The van der Waals surface area contributed by atoms with Crippen LogP contribution in [0.1, 0.15) is 36.8 Å². The van der Waals surface area contributed by atoms with Crippen molar-refractivity contribution < 1.29 is 8.42 Å². The maximum atomic E-state index is 12.0. The predicted octanol–water partition coefficient (Wildman–Crippen LogP) is 1.46. The maximum Gasteiger partial charge on any atom is 0.211 e. The smallest absolute Gasteiger partial charge is 0.211 e. The van der Waals surface area contributed by atoms with E-state index in [9.17, 15) is 8.42 Å². The Kier molecular flexibility index (Phi) is 3.96. The first-order valence-corrected chi connectivity index (χ1v) is 9.11. The Labute approximate surface area is 130 Å². The molecule has 1 saturated heterocycles. The highest BCUT2D eigenvalue weighted by molar-refractivity contribution is 7.88. The largest absolute Gasteiger partial charge is 0.290 e. The van der Waals surface area contributed by atoms with Gasteiger partial charge in [-0.3, -0.25) is 4.57 Å². The topological polar surface area (TPSA) is 81.0 Å². The molecule has 7 nitrogen and oxygen atoms in total. The average Bonchev–Trinajstić information content (AvgIpc) is 3.00. The lowest BCUT2D eigenvalue weighted by Crippen LogP contribution is -2.38. The lowest BCUT2D eigenvalue weighted by molar-refractivity contribution is 0.247. The van der Waals surface area contributed by atoms with Crippen molar-refractivity contribution in [2.45, 2.75) is 32.2 Å². The van der Waals surface area contributed by atoms with Gasteiger partial charge in [0, 0.05) is 30.7 Å². The molecule has 0 radical (unpaired) electrons. The van der Waals surface area contributed by atoms with E-state index in [0.717, 1.165) is 25.0 Å². The molecule has 0 bridgehead atoms. The Balaban J connectivity index is 2.03. The first kappa shape index (κ1) is 15.1. The third kappa shape index (κ3) is 3.02. The van der Waals surface area contributed by atoms with Crippen LogP contribution in [-0.4, -0.2) is 45.0 Å². The van der Waals surface area contributed by atoms with E-state index >= 15 is 0 Å². The van der Waals surface area contributed by atoms with Crippen molar-refractivity contribution in [1.82, 2.24) is 23.8 Å². The van der Waals surface area contributed by atoms with E-state index in [1.807, 2.05) is 13.0 Å². The summed E-state index contributed by atoms with van der Waals surface area (Å²) >= 11 is 0. The van der Waals surface area contributed by atoms with Crippen LogP contribution in [0.5, 0.6) is 0 Å². The van der Waals surface area contributed by atoms with E-state index in [1.54, 1.807) is 23.3 Å². The highest BCUT2D eigenvalue weighted by Gasteiger charge is 2.32. The van der Waals surface area contributed by atoms with Gasteiger partial charge in [-0.05, 0) is 19.8 Å². The standard InChI is InChI=1S/C14H19N5O2S/c1-11-9-13(18-8-6-15-10-18)17-14(16-11)12-5-3-4-7-19(12)22(2,20)21/h6,8-10,12H,3-5,7H2,1-2H3/t12-/m1/s1. The second kappa shape index (κ2) is 5.77. The van der Waals surface area contributed by atoms with Gasteiger partial charge in [0.15, 0.2) is 0 Å². The fraction of sp³-hybridized carbons (Fsp3) is 0.500. The number of aryl methyl sites for hydroxylation is 1. The van der Waals surface area contributed by atoms with Crippen molar-refractivity contribution in [3.8, 4) is 5.82 Å². The van der Waals surface area contributed by atoms with E-state index in [0.29, 0.717) is 18.2 Å².